The molecule has 8 aliphatic carbocycles. The molecular weight excluding hydrogens is 1650 g/mol. The number of hydrogen-bond acceptors (Lipinski definition) is 21. The van der Waals surface area contributed by atoms with Crippen molar-refractivity contribution in [1.29, 1.82) is 0 Å². The summed E-state index contributed by atoms with van der Waals surface area (Å²) in [6.45, 7) is 0.417. The Morgan fingerprint density at radius 1 is 0.515 bits per heavy atom. The maximum atomic E-state index is 11.5. The van der Waals surface area contributed by atoms with Gasteiger partial charge in [-0.1, -0.05) is 132 Å². The number of methoxy groups -OCH3 is 3. The number of aliphatic carboxylic acids is 3. The predicted molar refractivity (Wildman–Crippen MR) is 396 cm³/mol. The van der Waals surface area contributed by atoms with Crippen LogP contribution in [-0.4, -0.2) is 193 Å². The molecule has 20 nitrogen and oxygen atoms in total. The van der Waals surface area contributed by atoms with E-state index in [2.05, 4.69) is 33.3 Å². The van der Waals surface area contributed by atoms with Gasteiger partial charge < -0.3 is 41.5 Å². The zero-order valence-electron chi connectivity index (χ0n) is 62.0. The van der Waals surface area contributed by atoms with Crippen molar-refractivity contribution in [2.24, 2.45) is 35.5 Å². The molecule has 8 saturated carbocycles. The molecule has 0 aromatic carbocycles. The van der Waals surface area contributed by atoms with Crippen LogP contribution in [0.15, 0.2) is 0 Å². The first kappa shape index (κ1) is 113. The van der Waals surface area contributed by atoms with E-state index in [9.17, 15) is 55.1 Å². The van der Waals surface area contributed by atoms with Gasteiger partial charge in [0.1, 0.15) is 14.7 Å². The number of esters is 3. The summed E-state index contributed by atoms with van der Waals surface area (Å²) in [5.41, 5.74) is -11.1. The van der Waals surface area contributed by atoms with Crippen LogP contribution in [0.1, 0.15) is 226 Å². The summed E-state index contributed by atoms with van der Waals surface area (Å²) in [6, 6.07) is 0. The number of alkyl halides is 7. The van der Waals surface area contributed by atoms with Gasteiger partial charge in [-0.05, 0) is 173 Å². The fourth-order valence-electron chi connectivity index (χ4n) is 11.4. The number of thioether (sulfide) groups is 5. The van der Waals surface area contributed by atoms with Gasteiger partial charge in [-0.25, -0.2) is 0 Å². The van der Waals surface area contributed by atoms with Gasteiger partial charge in [-0.2, -0.15) is 55.8 Å². The summed E-state index contributed by atoms with van der Waals surface area (Å²) in [5, 5.41) is 34.7. The van der Waals surface area contributed by atoms with Gasteiger partial charge in [-0.15, -0.1) is 58.8 Å². The summed E-state index contributed by atoms with van der Waals surface area (Å²) in [4.78, 5) is 64.3. The minimum Gasteiger partial charge on any atom is -1.00 e. The number of carboxylic acid groups (broad SMARTS) is 3. The Labute approximate surface area is 692 Å². The van der Waals surface area contributed by atoms with Crippen LogP contribution >= 0.6 is 87.4 Å². The van der Waals surface area contributed by atoms with Crippen LogP contribution < -0.4 is 48.4 Å². The second-order valence-electron chi connectivity index (χ2n) is 25.8. The van der Waals surface area contributed by atoms with E-state index in [1.807, 2.05) is 11.8 Å². The number of thiol groups is 1. The van der Waals surface area contributed by atoms with Gasteiger partial charge in [0, 0.05) is 31.4 Å². The molecule has 1 unspecified atom stereocenters. The molecule has 103 heavy (non-hydrogen) atoms. The van der Waals surface area contributed by atoms with Crippen molar-refractivity contribution in [3.8, 4) is 0 Å². The summed E-state index contributed by atoms with van der Waals surface area (Å²) >= 11 is 15.4. The molecule has 0 aliphatic heterocycles. The molecular formula is C65H115BrF6LiNaO20S8Zn. The van der Waals surface area contributed by atoms with Gasteiger partial charge in [0.2, 0.25) is 0 Å². The van der Waals surface area contributed by atoms with E-state index in [4.69, 9.17) is 55.8 Å². The largest absolute Gasteiger partial charge is 1.00 e. The summed E-state index contributed by atoms with van der Waals surface area (Å²) in [5.74, 6) is 8.69. The zero-order valence-corrected chi connectivity index (χ0v) is 74.1. The quantitative estimate of drug-likeness (QED) is 0.00690. The number of aliphatic hydroxyl groups is 1. The minimum atomic E-state index is -5.84. The van der Waals surface area contributed by atoms with E-state index in [-0.39, 0.29) is 119 Å². The Morgan fingerprint density at radius 3 is 1.04 bits per heavy atom. The summed E-state index contributed by atoms with van der Waals surface area (Å²) in [6.07, 6.45) is 45.3. The van der Waals surface area contributed by atoms with E-state index in [0.717, 1.165) is 95.8 Å². The van der Waals surface area contributed by atoms with Crippen LogP contribution in [-0.2, 0) is 82.7 Å². The van der Waals surface area contributed by atoms with E-state index >= 15 is 0 Å². The van der Waals surface area contributed by atoms with Gasteiger partial charge in [0.05, 0.1) is 38.6 Å². The SMILES string of the molecule is COC(=O)C(CCBr)SCC1CCCCC1.COC(=O)C1(SCC2CCCCC2)CC1.COC(=O)CSCC1CCCCC1.O=C(O)C1(SCC2CCCCC2)CC1.O=C(O)CS.O=C(O)CSCC1CCCCC1.O=S(=O)(O)C(F)(F)F.O=S(=O)(O)C(F)(F)F.OCC1CCCCC1.[H-].[Li+].[Na+].[OH-].[Zn]. The summed E-state index contributed by atoms with van der Waals surface area (Å²) < 4.78 is 129. The minimum absolute atomic E-state index is 0. The predicted octanol–water partition coefficient (Wildman–Crippen LogP) is 10.7. The third-order valence-corrected chi connectivity index (χ3v) is 26.9. The van der Waals surface area contributed by atoms with Crippen LogP contribution in [0, 0.1) is 35.5 Å². The maximum Gasteiger partial charge on any atom is 1.00 e. The zero-order chi connectivity index (χ0) is 75.0. The van der Waals surface area contributed by atoms with Crippen molar-refractivity contribution in [1.82, 2.24) is 0 Å². The van der Waals surface area contributed by atoms with E-state index in [0.29, 0.717) is 18.3 Å². The normalized spacial score (nSPS) is 19.1. The Kier molecular flexibility index (Phi) is 70.3. The number of carbonyl (C=O) groups is 6. The van der Waals surface area contributed by atoms with Crippen LogP contribution in [0.2, 0.25) is 0 Å². The molecule has 7 N–H and O–H groups in total. The smallest absolute Gasteiger partial charge is 1.00 e. The van der Waals surface area contributed by atoms with Crippen molar-refractivity contribution in [2.75, 3.05) is 79.3 Å². The molecule has 0 saturated heterocycles. The molecule has 0 radical (unpaired) electrons. The van der Waals surface area contributed by atoms with Crippen LogP contribution in [0.4, 0.5) is 26.3 Å². The second kappa shape index (κ2) is 64.3. The van der Waals surface area contributed by atoms with Crippen molar-refractivity contribution in [2.45, 2.75) is 250 Å². The molecule has 0 aromatic heterocycles. The first-order chi connectivity index (χ1) is 46.6. The molecule has 596 valence electrons. The van der Waals surface area contributed by atoms with Crippen molar-refractivity contribution < 1.29 is 190 Å². The third-order valence-electron chi connectivity index (χ3n) is 17.6. The van der Waals surface area contributed by atoms with Gasteiger partial charge in [0.15, 0.2) is 0 Å². The molecule has 0 heterocycles. The molecule has 0 aromatic rings. The molecule has 8 fully saturated rings. The molecule has 38 heteroatoms. The number of carboxylic acids is 3. The average molecular weight is 1760 g/mol. The Hall–Kier alpha value is 0.941. The standard InChI is InChI=1S/C12H21BrO2S.C12H20O2S.C11H18O2S.C10H18O2S.C9H16O2S.C7H14O.C2H4O2S.2CHF3O3S.Li.Na.H2O.Zn.H/c1-15-12(14)11(7-8-13)16-9-10-5-3-2-4-6-10;1-14-11(13)12(7-8-12)15-9-10-5-3-2-4-6-10;12-10(13)11(6-7-11)14-8-9-4-2-1-3-5-9;1-12-10(11)8-13-7-9-5-3-2-4-6-9;10-9(11)7-12-6-8-4-2-1-3-5-8;8-6-7-4-2-1-3-5-7;3-2(4)1-5;2*2-1(3,4)8(5,6)7;;;;;/h10-11H,2-9H2,1H3;10H,2-9H2,1H3;9H,1-8H2,(H,12,13);9H,2-8H2,1H3;8H,1-7H2,(H,10,11);7-8H,1-6H2;5H,1H2,(H,3,4);2*(H,5,6,7);;;1H2;;/q;;;;;;;;;2*+1;;;-1/p-1. The monoisotopic (exact) mass is 1760 g/mol. The van der Waals surface area contributed by atoms with Crippen molar-refractivity contribution in [3.63, 3.8) is 0 Å². The van der Waals surface area contributed by atoms with Gasteiger partial charge >= 0.3 is 115 Å². The van der Waals surface area contributed by atoms with E-state index in [1.165, 1.54) is 214 Å². The average Bonchev–Trinajstić information content (AvgIpc) is 1.65. The summed E-state index contributed by atoms with van der Waals surface area (Å²) in [7, 11) is -7.25. The topological polar surface area (TPSA) is 350 Å². The molecule has 8 rings (SSSR count). The number of rotatable bonds is 24. The number of ether oxygens (including phenoxy) is 3. The molecule has 8 aliphatic rings. The Balaban J connectivity index is -0.000000262. The Morgan fingerprint density at radius 2 is 0.806 bits per heavy atom. The van der Waals surface area contributed by atoms with E-state index < -0.39 is 49.2 Å². The first-order valence-electron chi connectivity index (χ1n) is 34.4. The van der Waals surface area contributed by atoms with Crippen LogP contribution in [0.5, 0.6) is 0 Å². The fourth-order valence-corrected chi connectivity index (χ4v) is 18.4. The number of hydrogen-bond donors (Lipinski definition) is 7. The van der Waals surface area contributed by atoms with Crippen molar-refractivity contribution in [3.05, 3.63) is 0 Å². The maximum absolute atomic E-state index is 11.5. The van der Waals surface area contributed by atoms with Crippen LogP contribution in [0.3, 0.4) is 0 Å². The molecule has 0 bridgehead atoms. The molecule has 0 spiro atoms. The number of aliphatic hydroxyl groups excluding tert-OH is 1. The molecule has 1 atom stereocenters. The second-order valence-corrected chi connectivity index (χ2v) is 35.9. The first-order valence-corrected chi connectivity index (χ1v) is 44.4. The van der Waals surface area contributed by atoms with E-state index in [1.54, 1.807) is 47.0 Å². The van der Waals surface area contributed by atoms with Crippen LogP contribution in [0.25, 0.3) is 0 Å². The van der Waals surface area contributed by atoms with Gasteiger partial charge in [0.25, 0.3) is 0 Å². The third kappa shape index (κ3) is 57.6. The number of halogens is 7. The Bertz CT molecular complexity index is 2410. The van der Waals surface area contributed by atoms with Gasteiger partial charge in [-0.3, -0.25) is 37.9 Å². The molecule has 0 amide bonds. The van der Waals surface area contributed by atoms with Crippen molar-refractivity contribution >= 4 is 143 Å². The number of carbonyl (C=O) groups excluding carboxylic acids is 3. The fraction of sp³-hybridized carbons (Fsp3) is 0.908.